The van der Waals surface area contributed by atoms with Gasteiger partial charge in [0.25, 0.3) is 0 Å². The summed E-state index contributed by atoms with van der Waals surface area (Å²) >= 11 is 0. The first-order chi connectivity index (χ1) is 14.7. The first kappa shape index (κ1) is 22.0. The SMILES string of the molecule is CCOC(=O)/C=C\[C@H]1C[C@@H](COCc2ccc(OC)cc2)O[C@@H](c2ccccc2)O1. The summed E-state index contributed by atoms with van der Waals surface area (Å²) in [6.45, 7) is 3.01. The van der Waals surface area contributed by atoms with Crippen molar-refractivity contribution in [3.05, 3.63) is 77.9 Å². The minimum atomic E-state index is -0.522. The summed E-state index contributed by atoms with van der Waals surface area (Å²) in [7, 11) is 1.64. The van der Waals surface area contributed by atoms with Crippen LogP contribution in [0.3, 0.4) is 0 Å². The first-order valence-electron chi connectivity index (χ1n) is 10.1. The fourth-order valence-electron chi connectivity index (χ4n) is 3.14. The molecule has 30 heavy (non-hydrogen) atoms. The number of ether oxygens (including phenoxy) is 5. The Bertz CT molecular complexity index is 802. The standard InChI is InChI=1S/C24H28O6/c1-3-28-23(25)14-13-21-15-22(30-24(29-21)19-7-5-4-6-8-19)17-27-16-18-9-11-20(26-2)12-10-18/h4-14,21-22,24H,3,15-17H2,1-2H3/b14-13-/t21-,22-,24-/m0/s1. The van der Waals surface area contributed by atoms with E-state index in [1.54, 1.807) is 20.1 Å². The zero-order valence-corrected chi connectivity index (χ0v) is 17.4. The number of rotatable bonds is 9. The molecule has 160 valence electrons. The van der Waals surface area contributed by atoms with Crippen LogP contribution < -0.4 is 4.74 Å². The summed E-state index contributed by atoms with van der Waals surface area (Å²) in [4.78, 5) is 11.7. The molecule has 2 aromatic carbocycles. The van der Waals surface area contributed by atoms with Crippen LogP contribution in [0.5, 0.6) is 5.75 Å². The second kappa shape index (κ2) is 11.5. The molecule has 3 rings (SSSR count). The lowest BCUT2D eigenvalue weighted by molar-refractivity contribution is -0.246. The highest BCUT2D eigenvalue weighted by Gasteiger charge is 2.30. The van der Waals surface area contributed by atoms with Gasteiger partial charge in [0.05, 0.1) is 39.1 Å². The molecule has 0 aromatic heterocycles. The smallest absolute Gasteiger partial charge is 0.330 e. The molecular weight excluding hydrogens is 384 g/mol. The molecule has 6 heteroatoms. The van der Waals surface area contributed by atoms with Gasteiger partial charge < -0.3 is 23.7 Å². The number of esters is 1. The summed E-state index contributed by atoms with van der Waals surface area (Å²) in [5.41, 5.74) is 1.98. The maximum Gasteiger partial charge on any atom is 0.330 e. The van der Waals surface area contributed by atoms with Gasteiger partial charge in [-0.2, -0.15) is 0 Å². The zero-order valence-electron chi connectivity index (χ0n) is 17.4. The number of carbonyl (C=O) groups is 1. The minimum Gasteiger partial charge on any atom is -0.497 e. The molecule has 0 aliphatic carbocycles. The summed E-state index contributed by atoms with van der Waals surface area (Å²) in [5, 5.41) is 0. The van der Waals surface area contributed by atoms with Gasteiger partial charge in [-0.15, -0.1) is 0 Å². The third-order valence-corrected chi connectivity index (χ3v) is 4.65. The molecule has 6 nitrogen and oxygen atoms in total. The molecule has 0 radical (unpaired) electrons. The summed E-state index contributed by atoms with van der Waals surface area (Å²) in [5.74, 6) is 0.435. The van der Waals surface area contributed by atoms with E-state index in [1.807, 2.05) is 54.6 Å². The molecule has 2 aromatic rings. The number of benzene rings is 2. The highest BCUT2D eigenvalue weighted by Crippen LogP contribution is 2.30. The molecule has 0 N–H and O–H groups in total. The fourth-order valence-corrected chi connectivity index (χ4v) is 3.14. The predicted octanol–water partition coefficient (Wildman–Crippen LogP) is 4.20. The van der Waals surface area contributed by atoms with Gasteiger partial charge >= 0.3 is 5.97 Å². The number of hydrogen-bond acceptors (Lipinski definition) is 6. The largest absolute Gasteiger partial charge is 0.497 e. The average Bonchev–Trinajstić information content (AvgIpc) is 2.79. The molecule has 1 fully saturated rings. The third-order valence-electron chi connectivity index (χ3n) is 4.65. The van der Waals surface area contributed by atoms with Crippen molar-refractivity contribution in [2.24, 2.45) is 0 Å². The van der Waals surface area contributed by atoms with Crippen LogP contribution in [-0.2, 0) is 30.3 Å². The topological polar surface area (TPSA) is 63.2 Å². The first-order valence-corrected chi connectivity index (χ1v) is 10.1. The van der Waals surface area contributed by atoms with Crippen LogP contribution in [0.1, 0.15) is 30.8 Å². The number of methoxy groups -OCH3 is 1. The summed E-state index contributed by atoms with van der Waals surface area (Å²) in [6.07, 6.45) is 2.76. The Balaban J connectivity index is 1.60. The van der Waals surface area contributed by atoms with E-state index in [-0.39, 0.29) is 18.2 Å². The molecule has 1 saturated heterocycles. The van der Waals surface area contributed by atoms with Crippen LogP contribution in [0.25, 0.3) is 0 Å². The molecule has 1 aliphatic rings. The lowest BCUT2D eigenvalue weighted by atomic mass is 10.1. The van der Waals surface area contributed by atoms with E-state index in [4.69, 9.17) is 23.7 Å². The van der Waals surface area contributed by atoms with Crippen LogP contribution in [0.4, 0.5) is 0 Å². The van der Waals surface area contributed by atoms with Crippen molar-refractivity contribution in [2.45, 2.75) is 38.4 Å². The maximum atomic E-state index is 11.7. The van der Waals surface area contributed by atoms with Crippen molar-refractivity contribution >= 4 is 5.97 Å². The van der Waals surface area contributed by atoms with Gasteiger partial charge in [0.15, 0.2) is 6.29 Å². The fraction of sp³-hybridized carbons (Fsp3) is 0.375. The zero-order chi connectivity index (χ0) is 21.2. The van der Waals surface area contributed by atoms with E-state index in [9.17, 15) is 4.79 Å². The molecule has 0 spiro atoms. The monoisotopic (exact) mass is 412 g/mol. The molecule has 3 atom stereocenters. The van der Waals surface area contributed by atoms with Gasteiger partial charge in [-0.1, -0.05) is 42.5 Å². The molecule has 1 heterocycles. The highest BCUT2D eigenvalue weighted by atomic mass is 16.7. The van der Waals surface area contributed by atoms with Crippen molar-refractivity contribution in [3.8, 4) is 5.75 Å². The number of hydrogen-bond donors (Lipinski definition) is 0. The van der Waals surface area contributed by atoms with E-state index in [0.29, 0.717) is 26.2 Å². The molecule has 1 aliphatic heterocycles. The Labute approximate surface area is 177 Å². The van der Waals surface area contributed by atoms with Crippen LogP contribution in [0, 0.1) is 0 Å². The van der Waals surface area contributed by atoms with Crippen LogP contribution in [0.15, 0.2) is 66.7 Å². The van der Waals surface area contributed by atoms with E-state index < -0.39 is 6.29 Å². The van der Waals surface area contributed by atoms with Crippen molar-refractivity contribution in [1.82, 2.24) is 0 Å². The van der Waals surface area contributed by atoms with Crippen LogP contribution in [-0.4, -0.2) is 38.5 Å². The number of carbonyl (C=O) groups excluding carboxylic acids is 1. The van der Waals surface area contributed by atoms with Gasteiger partial charge in [0, 0.05) is 18.1 Å². The molecule has 0 bridgehead atoms. The van der Waals surface area contributed by atoms with Gasteiger partial charge in [-0.05, 0) is 30.7 Å². The second-order valence-electron chi connectivity index (χ2n) is 6.89. The Morgan fingerprint density at radius 2 is 1.87 bits per heavy atom. The highest BCUT2D eigenvalue weighted by molar-refractivity contribution is 5.81. The van der Waals surface area contributed by atoms with Crippen molar-refractivity contribution in [1.29, 1.82) is 0 Å². The lowest BCUT2D eigenvalue weighted by Crippen LogP contribution is -2.35. The van der Waals surface area contributed by atoms with Gasteiger partial charge in [0.1, 0.15) is 5.75 Å². The minimum absolute atomic E-state index is 0.168. The van der Waals surface area contributed by atoms with Gasteiger partial charge in [-0.3, -0.25) is 0 Å². The van der Waals surface area contributed by atoms with Crippen molar-refractivity contribution < 1.29 is 28.5 Å². The Kier molecular flexibility index (Phi) is 8.44. The van der Waals surface area contributed by atoms with E-state index in [2.05, 4.69) is 0 Å². The molecule has 0 amide bonds. The normalized spacial score (nSPS) is 21.5. The maximum absolute atomic E-state index is 11.7. The molecule has 0 unspecified atom stereocenters. The van der Waals surface area contributed by atoms with E-state index >= 15 is 0 Å². The Morgan fingerprint density at radius 3 is 2.57 bits per heavy atom. The lowest BCUT2D eigenvalue weighted by Gasteiger charge is -2.34. The van der Waals surface area contributed by atoms with Crippen LogP contribution >= 0.6 is 0 Å². The Morgan fingerprint density at radius 1 is 1.10 bits per heavy atom. The van der Waals surface area contributed by atoms with Crippen LogP contribution in [0.2, 0.25) is 0 Å². The van der Waals surface area contributed by atoms with Crippen molar-refractivity contribution in [3.63, 3.8) is 0 Å². The third kappa shape index (κ3) is 6.69. The van der Waals surface area contributed by atoms with Crippen molar-refractivity contribution in [2.75, 3.05) is 20.3 Å². The van der Waals surface area contributed by atoms with Gasteiger partial charge in [0.2, 0.25) is 0 Å². The van der Waals surface area contributed by atoms with E-state index in [0.717, 1.165) is 16.9 Å². The molecule has 0 saturated carbocycles. The predicted molar refractivity (Wildman–Crippen MR) is 112 cm³/mol. The molecular formula is C24H28O6. The average molecular weight is 412 g/mol. The summed E-state index contributed by atoms with van der Waals surface area (Å²) < 4.78 is 28.2. The van der Waals surface area contributed by atoms with Gasteiger partial charge in [-0.25, -0.2) is 4.79 Å². The second-order valence-corrected chi connectivity index (χ2v) is 6.89. The van der Waals surface area contributed by atoms with E-state index in [1.165, 1.54) is 6.08 Å². The quantitative estimate of drug-likeness (QED) is 0.454. The summed E-state index contributed by atoms with van der Waals surface area (Å²) in [6, 6.07) is 17.5. The Hall–Kier alpha value is -2.67.